The Morgan fingerprint density at radius 1 is 1.21 bits per heavy atom. The lowest BCUT2D eigenvalue weighted by molar-refractivity contribution is -0.137. The summed E-state index contributed by atoms with van der Waals surface area (Å²) in [6.45, 7) is 2.26. The lowest BCUT2D eigenvalue weighted by atomic mass is 9.98. The monoisotopic (exact) mass is 325 g/mol. The van der Waals surface area contributed by atoms with Gasteiger partial charge >= 0.3 is 0 Å². The fourth-order valence-corrected chi connectivity index (χ4v) is 2.63. The zero-order valence-electron chi connectivity index (χ0n) is 10.6. The molecule has 1 aliphatic heterocycles. The molecule has 102 valence electrons. The van der Waals surface area contributed by atoms with E-state index in [1.54, 1.807) is 0 Å². The third-order valence-corrected chi connectivity index (χ3v) is 3.60. The summed E-state index contributed by atoms with van der Waals surface area (Å²) in [5.41, 5.74) is 7.03. The van der Waals surface area contributed by atoms with Crippen LogP contribution in [0.5, 0.6) is 0 Å². The Hall–Kier alpha value is -1.24. The van der Waals surface area contributed by atoms with Gasteiger partial charge in [-0.05, 0) is 24.6 Å². The first-order valence-corrected chi connectivity index (χ1v) is 6.84. The molecule has 0 aliphatic carbocycles. The summed E-state index contributed by atoms with van der Waals surface area (Å²) in [6.07, 6.45) is 0. The Balaban J connectivity index is 2.27. The molecule has 6 heteroatoms. The predicted octanol–water partition coefficient (Wildman–Crippen LogP) is 0.796. The van der Waals surface area contributed by atoms with E-state index in [-0.39, 0.29) is 37.0 Å². The molecule has 0 aromatic heterocycles. The zero-order valence-corrected chi connectivity index (χ0v) is 12.2. The first-order valence-electron chi connectivity index (χ1n) is 6.05. The number of benzene rings is 1. The SMILES string of the molecule is CC(N)C(c1ccc(Br)cc1)N1CC(=O)NC(=O)C1. The highest BCUT2D eigenvalue weighted by atomic mass is 79.9. The molecule has 1 saturated heterocycles. The van der Waals surface area contributed by atoms with Gasteiger partial charge in [-0.3, -0.25) is 19.8 Å². The minimum Gasteiger partial charge on any atom is -0.326 e. The minimum atomic E-state index is -0.279. The van der Waals surface area contributed by atoms with Gasteiger partial charge in [0.2, 0.25) is 11.8 Å². The number of hydrogen-bond donors (Lipinski definition) is 2. The van der Waals surface area contributed by atoms with Crippen molar-refractivity contribution in [1.29, 1.82) is 0 Å². The first-order chi connectivity index (χ1) is 8.97. The molecule has 3 N–H and O–H groups in total. The van der Waals surface area contributed by atoms with Gasteiger partial charge in [-0.1, -0.05) is 28.1 Å². The van der Waals surface area contributed by atoms with Crippen LogP contribution in [0.3, 0.4) is 0 Å². The van der Waals surface area contributed by atoms with Gasteiger partial charge in [0.15, 0.2) is 0 Å². The fourth-order valence-electron chi connectivity index (χ4n) is 2.36. The number of nitrogens with one attached hydrogen (secondary N) is 1. The Morgan fingerprint density at radius 2 is 1.74 bits per heavy atom. The third-order valence-electron chi connectivity index (χ3n) is 3.08. The van der Waals surface area contributed by atoms with Gasteiger partial charge in [0.05, 0.1) is 19.1 Å². The normalized spacial score (nSPS) is 19.9. The molecule has 19 heavy (non-hydrogen) atoms. The van der Waals surface area contributed by atoms with Gasteiger partial charge in [0.25, 0.3) is 0 Å². The van der Waals surface area contributed by atoms with Gasteiger partial charge in [0.1, 0.15) is 0 Å². The molecule has 0 spiro atoms. The quantitative estimate of drug-likeness (QED) is 0.806. The molecule has 1 aromatic carbocycles. The number of carbonyl (C=O) groups excluding carboxylic acids is 2. The van der Waals surface area contributed by atoms with Crippen molar-refractivity contribution in [2.45, 2.75) is 19.0 Å². The largest absolute Gasteiger partial charge is 0.326 e. The van der Waals surface area contributed by atoms with Crippen LogP contribution in [0.1, 0.15) is 18.5 Å². The van der Waals surface area contributed by atoms with E-state index < -0.39 is 0 Å². The van der Waals surface area contributed by atoms with Gasteiger partial charge in [0, 0.05) is 10.5 Å². The molecule has 0 saturated carbocycles. The van der Waals surface area contributed by atoms with Crippen molar-refractivity contribution < 1.29 is 9.59 Å². The van der Waals surface area contributed by atoms with E-state index in [1.807, 2.05) is 36.1 Å². The van der Waals surface area contributed by atoms with E-state index in [4.69, 9.17) is 5.73 Å². The molecule has 1 aromatic rings. The van der Waals surface area contributed by atoms with E-state index in [2.05, 4.69) is 21.2 Å². The molecule has 5 nitrogen and oxygen atoms in total. The number of amides is 2. The highest BCUT2D eigenvalue weighted by molar-refractivity contribution is 9.10. The lowest BCUT2D eigenvalue weighted by Gasteiger charge is -2.35. The Morgan fingerprint density at radius 3 is 2.21 bits per heavy atom. The van der Waals surface area contributed by atoms with Crippen molar-refractivity contribution in [2.24, 2.45) is 5.73 Å². The van der Waals surface area contributed by atoms with Crippen LogP contribution in [0.15, 0.2) is 28.7 Å². The average Bonchev–Trinajstić information content (AvgIpc) is 2.30. The molecule has 0 bridgehead atoms. The number of carbonyl (C=O) groups is 2. The van der Waals surface area contributed by atoms with Crippen molar-refractivity contribution >= 4 is 27.7 Å². The Kier molecular flexibility index (Phi) is 4.34. The summed E-state index contributed by atoms with van der Waals surface area (Å²) in [6, 6.07) is 7.43. The van der Waals surface area contributed by atoms with Crippen molar-refractivity contribution in [3.05, 3.63) is 34.3 Å². The van der Waals surface area contributed by atoms with Crippen LogP contribution in [0, 0.1) is 0 Å². The molecule has 2 amide bonds. The molecular weight excluding hydrogens is 310 g/mol. The molecule has 1 aliphatic rings. The number of halogens is 1. The van der Waals surface area contributed by atoms with Crippen LogP contribution in [-0.4, -0.2) is 35.8 Å². The van der Waals surface area contributed by atoms with Crippen molar-refractivity contribution in [2.75, 3.05) is 13.1 Å². The van der Waals surface area contributed by atoms with Crippen molar-refractivity contribution in [1.82, 2.24) is 10.2 Å². The molecule has 0 radical (unpaired) electrons. The number of nitrogens with zero attached hydrogens (tertiary/aromatic N) is 1. The van der Waals surface area contributed by atoms with E-state index in [0.717, 1.165) is 10.0 Å². The second-order valence-electron chi connectivity index (χ2n) is 4.73. The highest BCUT2D eigenvalue weighted by Gasteiger charge is 2.31. The van der Waals surface area contributed by atoms with Crippen LogP contribution in [-0.2, 0) is 9.59 Å². The molecule has 1 fully saturated rings. The molecular formula is C13H16BrN3O2. The van der Waals surface area contributed by atoms with Crippen molar-refractivity contribution in [3.8, 4) is 0 Å². The van der Waals surface area contributed by atoms with Crippen LogP contribution < -0.4 is 11.1 Å². The maximum atomic E-state index is 11.5. The maximum Gasteiger partial charge on any atom is 0.240 e. The summed E-state index contributed by atoms with van der Waals surface area (Å²) in [5, 5.41) is 2.30. The number of imide groups is 1. The Bertz CT molecular complexity index is 471. The van der Waals surface area contributed by atoms with Crippen LogP contribution in [0.25, 0.3) is 0 Å². The standard InChI is InChI=1S/C13H16BrN3O2/c1-8(15)13(9-2-4-10(14)5-3-9)17-6-11(18)16-12(19)7-17/h2-5,8,13H,6-7,15H2,1H3,(H,16,18,19). The van der Waals surface area contributed by atoms with Gasteiger partial charge in [-0.25, -0.2) is 0 Å². The smallest absolute Gasteiger partial charge is 0.240 e. The lowest BCUT2D eigenvalue weighted by Crippen LogP contribution is -2.54. The predicted molar refractivity (Wildman–Crippen MR) is 75.3 cm³/mol. The molecule has 2 atom stereocenters. The summed E-state index contributed by atoms with van der Waals surface area (Å²) in [7, 11) is 0. The highest BCUT2D eigenvalue weighted by Crippen LogP contribution is 2.25. The minimum absolute atomic E-state index is 0.150. The van der Waals surface area contributed by atoms with Gasteiger partial charge in [-0.2, -0.15) is 0 Å². The van der Waals surface area contributed by atoms with E-state index >= 15 is 0 Å². The summed E-state index contributed by atoms with van der Waals surface area (Å²) >= 11 is 3.38. The topological polar surface area (TPSA) is 75.4 Å². The maximum absolute atomic E-state index is 11.5. The van der Waals surface area contributed by atoms with E-state index in [1.165, 1.54) is 0 Å². The number of nitrogens with two attached hydrogens (primary N) is 1. The Labute approximate surface area is 120 Å². The second kappa shape index (κ2) is 5.81. The summed E-state index contributed by atoms with van der Waals surface area (Å²) < 4.78 is 0.979. The van der Waals surface area contributed by atoms with E-state index in [0.29, 0.717) is 0 Å². The van der Waals surface area contributed by atoms with Crippen LogP contribution in [0.2, 0.25) is 0 Å². The number of piperazine rings is 1. The third kappa shape index (κ3) is 3.40. The van der Waals surface area contributed by atoms with Crippen LogP contribution in [0.4, 0.5) is 0 Å². The molecule has 2 rings (SSSR count). The zero-order chi connectivity index (χ0) is 14.0. The number of hydrogen-bond acceptors (Lipinski definition) is 4. The molecule has 1 heterocycles. The fraction of sp³-hybridized carbons (Fsp3) is 0.385. The van der Waals surface area contributed by atoms with Crippen LogP contribution >= 0.6 is 15.9 Å². The van der Waals surface area contributed by atoms with Gasteiger partial charge in [-0.15, -0.1) is 0 Å². The van der Waals surface area contributed by atoms with Crippen molar-refractivity contribution in [3.63, 3.8) is 0 Å². The summed E-state index contributed by atoms with van der Waals surface area (Å²) in [5.74, 6) is -0.557. The van der Waals surface area contributed by atoms with E-state index in [9.17, 15) is 9.59 Å². The first kappa shape index (κ1) is 14.2. The summed E-state index contributed by atoms with van der Waals surface area (Å²) in [4.78, 5) is 24.8. The average molecular weight is 326 g/mol. The van der Waals surface area contributed by atoms with Gasteiger partial charge < -0.3 is 5.73 Å². The molecule has 2 unspecified atom stereocenters. The second-order valence-corrected chi connectivity index (χ2v) is 5.65. The number of rotatable bonds is 3.